The van der Waals surface area contributed by atoms with Crippen LogP contribution in [0.5, 0.6) is 0 Å². The third-order valence-corrected chi connectivity index (χ3v) is 4.20. The molecular weight excluding hydrogens is 242 g/mol. The molecule has 4 aliphatic rings. The molecule has 4 nitrogen and oxygen atoms in total. The van der Waals surface area contributed by atoms with Crippen LogP contribution in [0.4, 0.5) is 0 Å². The molecule has 0 heterocycles. The van der Waals surface area contributed by atoms with Crippen molar-refractivity contribution in [2.24, 2.45) is 35.5 Å². The Labute approximate surface area is 143 Å². The van der Waals surface area contributed by atoms with Crippen molar-refractivity contribution in [3.8, 4) is 0 Å². The Kier molecular flexibility index (Phi) is 4.95. The maximum atomic E-state index is 11.0. The molecule has 0 spiro atoms. The fourth-order valence-corrected chi connectivity index (χ4v) is 3.52. The van der Waals surface area contributed by atoms with Gasteiger partial charge >= 0.3 is 59.1 Å². The van der Waals surface area contributed by atoms with E-state index < -0.39 is 23.8 Å². The fourth-order valence-electron chi connectivity index (χ4n) is 3.52. The van der Waals surface area contributed by atoms with Crippen molar-refractivity contribution < 1.29 is 78.9 Å². The van der Waals surface area contributed by atoms with Gasteiger partial charge in [-0.2, -0.15) is 0 Å². The number of carbonyl (C=O) groups excluding carboxylic acids is 2. The quantitative estimate of drug-likeness (QED) is 0.361. The summed E-state index contributed by atoms with van der Waals surface area (Å²) in [5.74, 6) is -3.79. The van der Waals surface area contributed by atoms with E-state index in [2.05, 4.69) is 0 Å². The van der Waals surface area contributed by atoms with Gasteiger partial charge in [0.05, 0.1) is 0 Å². The molecule has 0 saturated heterocycles. The summed E-state index contributed by atoms with van der Waals surface area (Å²) < 4.78 is 0. The monoisotopic (exact) mass is 252 g/mol. The molecular formula is C11H10Na2O4. The molecule has 2 fully saturated rings. The van der Waals surface area contributed by atoms with E-state index in [1.807, 2.05) is 12.2 Å². The van der Waals surface area contributed by atoms with E-state index in [0.717, 1.165) is 6.42 Å². The number of aliphatic carboxylic acids is 2. The van der Waals surface area contributed by atoms with Crippen molar-refractivity contribution in [3.05, 3.63) is 12.2 Å². The molecule has 80 valence electrons. The molecule has 2 saturated carbocycles. The Morgan fingerprint density at radius 2 is 1.24 bits per heavy atom. The van der Waals surface area contributed by atoms with Crippen LogP contribution in [-0.2, 0) is 9.59 Å². The van der Waals surface area contributed by atoms with Gasteiger partial charge in [-0.05, 0) is 30.1 Å². The van der Waals surface area contributed by atoms with Crippen molar-refractivity contribution in [2.75, 3.05) is 0 Å². The molecule has 0 aromatic carbocycles. The standard InChI is InChI=1S/C11H12O4.2Na/c12-10(13)8-4-1-2-5(7-3-6(4)7)9(8)11(14)15;;/h1-2,4-9H,3H2,(H,12,13)(H,14,15);;/q;2*+1/p-2. The van der Waals surface area contributed by atoms with Crippen LogP contribution in [0.1, 0.15) is 6.42 Å². The predicted molar refractivity (Wildman–Crippen MR) is 44.7 cm³/mol. The zero-order valence-corrected chi connectivity index (χ0v) is 14.0. The smallest absolute Gasteiger partial charge is 0.550 e. The second-order valence-electron chi connectivity index (χ2n) is 4.79. The summed E-state index contributed by atoms with van der Waals surface area (Å²) in [6.45, 7) is 0. The summed E-state index contributed by atoms with van der Waals surface area (Å²) in [6.07, 6.45) is 4.67. The van der Waals surface area contributed by atoms with Crippen molar-refractivity contribution in [1.29, 1.82) is 0 Å². The number of hydrogen-bond acceptors (Lipinski definition) is 4. The molecule has 0 radical (unpaired) electrons. The van der Waals surface area contributed by atoms with Crippen molar-refractivity contribution >= 4 is 11.9 Å². The molecule has 6 atom stereocenters. The van der Waals surface area contributed by atoms with Crippen LogP contribution in [0.15, 0.2) is 12.2 Å². The van der Waals surface area contributed by atoms with Crippen molar-refractivity contribution in [1.82, 2.24) is 0 Å². The summed E-state index contributed by atoms with van der Waals surface area (Å²) in [7, 11) is 0. The first-order chi connectivity index (χ1) is 7.11. The maximum Gasteiger partial charge on any atom is 1.00 e. The van der Waals surface area contributed by atoms with E-state index in [-0.39, 0.29) is 71.0 Å². The molecule has 17 heavy (non-hydrogen) atoms. The first-order valence-electron chi connectivity index (χ1n) is 5.21. The van der Waals surface area contributed by atoms with Crippen LogP contribution >= 0.6 is 0 Å². The number of rotatable bonds is 2. The van der Waals surface area contributed by atoms with E-state index in [1.165, 1.54) is 0 Å². The van der Waals surface area contributed by atoms with Crippen LogP contribution in [0.2, 0.25) is 0 Å². The van der Waals surface area contributed by atoms with Gasteiger partial charge in [0.2, 0.25) is 0 Å². The number of carboxylic acid groups (broad SMARTS) is 2. The molecule has 0 aromatic heterocycles. The zero-order chi connectivity index (χ0) is 10.7. The summed E-state index contributed by atoms with van der Waals surface area (Å²) in [5.41, 5.74) is 0. The van der Waals surface area contributed by atoms with Gasteiger partial charge in [-0.1, -0.05) is 12.2 Å². The van der Waals surface area contributed by atoms with Crippen molar-refractivity contribution in [2.45, 2.75) is 6.42 Å². The second-order valence-corrected chi connectivity index (χ2v) is 4.79. The molecule has 0 aromatic rings. The SMILES string of the molecule is O=C([O-])C1C2C=CC(C3CC23)C1C(=O)[O-].[Na+].[Na+]. The normalized spacial score (nSPS) is 44.0. The number of carboxylic acids is 2. The van der Waals surface area contributed by atoms with Crippen LogP contribution in [0.25, 0.3) is 0 Å². The molecule has 6 unspecified atom stereocenters. The summed E-state index contributed by atoms with van der Waals surface area (Å²) in [5, 5.41) is 22.0. The summed E-state index contributed by atoms with van der Waals surface area (Å²) in [6, 6.07) is 0. The Morgan fingerprint density at radius 3 is 1.53 bits per heavy atom. The van der Waals surface area contributed by atoms with Gasteiger partial charge in [0.25, 0.3) is 0 Å². The topological polar surface area (TPSA) is 80.3 Å². The number of hydrogen-bond donors (Lipinski definition) is 0. The molecule has 0 N–H and O–H groups in total. The van der Waals surface area contributed by atoms with E-state index in [4.69, 9.17) is 0 Å². The summed E-state index contributed by atoms with van der Waals surface area (Å²) in [4.78, 5) is 22.0. The number of fused-ring (bicyclic) bond motifs is 1. The van der Waals surface area contributed by atoms with Gasteiger partial charge in [0.1, 0.15) is 0 Å². The second kappa shape index (κ2) is 5.35. The van der Waals surface area contributed by atoms with E-state index in [0.29, 0.717) is 11.8 Å². The van der Waals surface area contributed by atoms with E-state index >= 15 is 0 Å². The summed E-state index contributed by atoms with van der Waals surface area (Å²) >= 11 is 0. The van der Waals surface area contributed by atoms with Gasteiger partial charge in [-0.15, -0.1) is 0 Å². The first-order valence-corrected chi connectivity index (χ1v) is 5.21. The largest absolute Gasteiger partial charge is 1.00 e. The molecule has 0 amide bonds. The van der Waals surface area contributed by atoms with Crippen LogP contribution in [-0.4, -0.2) is 11.9 Å². The van der Waals surface area contributed by atoms with Crippen LogP contribution < -0.4 is 69.3 Å². The molecule has 0 aliphatic heterocycles. The third-order valence-electron chi connectivity index (χ3n) is 4.20. The van der Waals surface area contributed by atoms with E-state index in [1.54, 1.807) is 0 Å². The van der Waals surface area contributed by atoms with Gasteiger partial charge in [0, 0.05) is 23.8 Å². The van der Waals surface area contributed by atoms with Crippen LogP contribution in [0, 0.1) is 35.5 Å². The van der Waals surface area contributed by atoms with Gasteiger partial charge in [-0.3, -0.25) is 0 Å². The Hall–Kier alpha value is 0.680. The Morgan fingerprint density at radius 1 is 0.882 bits per heavy atom. The average molecular weight is 252 g/mol. The van der Waals surface area contributed by atoms with E-state index in [9.17, 15) is 19.8 Å². The molecule has 4 aliphatic carbocycles. The minimum absolute atomic E-state index is 0. The molecule has 2 bridgehead atoms. The Bertz CT molecular complexity index is 348. The van der Waals surface area contributed by atoms with Gasteiger partial charge < -0.3 is 19.8 Å². The predicted octanol–water partition coefficient (Wildman–Crippen LogP) is -7.82. The number of carbonyl (C=O) groups is 2. The Balaban J connectivity index is 0.000000722. The minimum Gasteiger partial charge on any atom is -0.550 e. The van der Waals surface area contributed by atoms with Crippen LogP contribution in [0.3, 0.4) is 0 Å². The minimum atomic E-state index is -1.24. The first kappa shape index (κ1) is 15.7. The molecule has 6 heteroatoms. The molecule has 4 rings (SSSR count). The zero-order valence-electron chi connectivity index (χ0n) is 9.96. The van der Waals surface area contributed by atoms with Crippen molar-refractivity contribution in [3.63, 3.8) is 0 Å². The number of allylic oxidation sites excluding steroid dienone is 2. The fraction of sp³-hybridized carbons (Fsp3) is 0.636. The van der Waals surface area contributed by atoms with Gasteiger partial charge in [-0.25, -0.2) is 0 Å². The third kappa shape index (κ3) is 2.28. The van der Waals surface area contributed by atoms with Gasteiger partial charge in [0.15, 0.2) is 0 Å². The average Bonchev–Trinajstić information content (AvgIpc) is 2.96. The maximum absolute atomic E-state index is 11.0.